The standard InChI is InChI=1S/C17H24N4O4/c22-16(19-4-1-7-20-8-10-24-11-9-20)15-13-25-17(23)21(15)12-14-2-5-18-6-3-14/h2-3,5-6,15H,1,4,7-13H2,(H,19,22)/t15-/m0/s1. The average Bonchev–Trinajstić information content (AvgIpc) is 3.01. The fraction of sp³-hybridized carbons (Fsp3) is 0.588. The summed E-state index contributed by atoms with van der Waals surface area (Å²) < 4.78 is 10.4. The number of ether oxygens (including phenoxy) is 2. The first kappa shape index (κ1) is 17.6. The summed E-state index contributed by atoms with van der Waals surface area (Å²) in [5, 5.41) is 2.92. The predicted octanol–water partition coefficient (Wildman–Crippen LogP) is 0.241. The van der Waals surface area contributed by atoms with Crippen molar-refractivity contribution in [2.45, 2.75) is 19.0 Å². The van der Waals surface area contributed by atoms with Crippen LogP contribution in [0.3, 0.4) is 0 Å². The lowest BCUT2D eigenvalue weighted by Gasteiger charge is -2.26. The monoisotopic (exact) mass is 348 g/mol. The number of hydrogen-bond acceptors (Lipinski definition) is 6. The number of nitrogens with zero attached hydrogens (tertiary/aromatic N) is 3. The van der Waals surface area contributed by atoms with Crippen LogP contribution in [0.4, 0.5) is 4.79 Å². The Labute approximate surface area is 147 Å². The average molecular weight is 348 g/mol. The van der Waals surface area contributed by atoms with Crippen LogP contribution in [-0.4, -0.2) is 78.8 Å². The fourth-order valence-electron chi connectivity index (χ4n) is 2.98. The number of carbonyl (C=O) groups excluding carboxylic acids is 2. The molecule has 8 heteroatoms. The lowest BCUT2D eigenvalue weighted by atomic mass is 10.2. The van der Waals surface area contributed by atoms with Crippen molar-refractivity contribution >= 4 is 12.0 Å². The number of hydrogen-bond donors (Lipinski definition) is 1. The van der Waals surface area contributed by atoms with Gasteiger partial charge in [-0.25, -0.2) is 4.79 Å². The third-order valence-electron chi connectivity index (χ3n) is 4.43. The van der Waals surface area contributed by atoms with Gasteiger partial charge in [0.25, 0.3) is 0 Å². The largest absolute Gasteiger partial charge is 0.447 e. The van der Waals surface area contributed by atoms with Gasteiger partial charge in [-0.2, -0.15) is 0 Å². The Hall–Kier alpha value is -2.19. The molecule has 0 unspecified atom stereocenters. The molecule has 2 saturated heterocycles. The zero-order valence-corrected chi connectivity index (χ0v) is 14.2. The van der Waals surface area contributed by atoms with Crippen LogP contribution in [0.15, 0.2) is 24.5 Å². The number of rotatable bonds is 7. The van der Waals surface area contributed by atoms with Crippen molar-refractivity contribution in [3.63, 3.8) is 0 Å². The summed E-state index contributed by atoms with van der Waals surface area (Å²) in [4.78, 5) is 32.1. The number of nitrogens with one attached hydrogen (secondary N) is 1. The van der Waals surface area contributed by atoms with Gasteiger partial charge in [0.2, 0.25) is 5.91 Å². The van der Waals surface area contributed by atoms with Gasteiger partial charge in [-0.15, -0.1) is 0 Å². The van der Waals surface area contributed by atoms with Crippen LogP contribution < -0.4 is 5.32 Å². The van der Waals surface area contributed by atoms with Gasteiger partial charge in [-0.05, 0) is 30.7 Å². The number of morpholine rings is 1. The van der Waals surface area contributed by atoms with E-state index in [1.807, 2.05) is 12.1 Å². The van der Waals surface area contributed by atoms with Gasteiger partial charge in [-0.1, -0.05) is 0 Å². The highest BCUT2D eigenvalue weighted by Crippen LogP contribution is 2.16. The third-order valence-corrected chi connectivity index (χ3v) is 4.43. The maximum atomic E-state index is 12.4. The van der Waals surface area contributed by atoms with E-state index in [-0.39, 0.29) is 12.5 Å². The normalized spacial score (nSPS) is 21.2. The van der Waals surface area contributed by atoms with E-state index in [4.69, 9.17) is 9.47 Å². The highest BCUT2D eigenvalue weighted by molar-refractivity contribution is 5.87. The first-order valence-electron chi connectivity index (χ1n) is 8.64. The molecule has 1 aromatic heterocycles. The smallest absolute Gasteiger partial charge is 0.410 e. The molecule has 2 fully saturated rings. The van der Waals surface area contributed by atoms with Crippen LogP contribution >= 0.6 is 0 Å². The van der Waals surface area contributed by atoms with E-state index in [0.717, 1.165) is 44.8 Å². The molecule has 3 rings (SSSR count). The molecule has 0 aromatic carbocycles. The molecule has 1 aromatic rings. The minimum absolute atomic E-state index is 0.0964. The number of pyridine rings is 1. The van der Waals surface area contributed by atoms with Gasteiger partial charge in [0, 0.05) is 32.0 Å². The number of cyclic esters (lactones) is 1. The van der Waals surface area contributed by atoms with Gasteiger partial charge in [0.1, 0.15) is 12.6 Å². The van der Waals surface area contributed by atoms with E-state index in [2.05, 4.69) is 15.2 Å². The second-order valence-electron chi connectivity index (χ2n) is 6.17. The molecule has 0 spiro atoms. The molecule has 0 bridgehead atoms. The van der Waals surface area contributed by atoms with Gasteiger partial charge in [0.05, 0.1) is 19.8 Å². The summed E-state index contributed by atoms with van der Waals surface area (Å²) in [5.74, 6) is -0.165. The lowest BCUT2D eigenvalue weighted by Crippen LogP contribution is -2.46. The van der Waals surface area contributed by atoms with Crippen molar-refractivity contribution in [3.05, 3.63) is 30.1 Å². The minimum atomic E-state index is -0.580. The van der Waals surface area contributed by atoms with Gasteiger partial charge < -0.3 is 14.8 Å². The van der Waals surface area contributed by atoms with Crippen molar-refractivity contribution in [1.29, 1.82) is 0 Å². The predicted molar refractivity (Wildman–Crippen MR) is 89.8 cm³/mol. The zero-order chi connectivity index (χ0) is 17.5. The molecular formula is C17H24N4O4. The second-order valence-corrected chi connectivity index (χ2v) is 6.17. The maximum Gasteiger partial charge on any atom is 0.410 e. The highest BCUT2D eigenvalue weighted by Gasteiger charge is 2.37. The molecule has 136 valence electrons. The van der Waals surface area contributed by atoms with Crippen molar-refractivity contribution in [2.24, 2.45) is 0 Å². The summed E-state index contributed by atoms with van der Waals surface area (Å²) in [5.41, 5.74) is 0.916. The zero-order valence-electron chi connectivity index (χ0n) is 14.2. The first-order chi connectivity index (χ1) is 12.2. The van der Waals surface area contributed by atoms with Crippen molar-refractivity contribution in [3.8, 4) is 0 Å². The summed E-state index contributed by atoms with van der Waals surface area (Å²) in [7, 11) is 0. The molecule has 0 saturated carbocycles. The number of amides is 2. The van der Waals surface area contributed by atoms with Gasteiger partial charge >= 0.3 is 6.09 Å². The molecule has 2 aliphatic heterocycles. The van der Waals surface area contributed by atoms with Gasteiger partial charge in [-0.3, -0.25) is 19.6 Å². The Kier molecular flexibility index (Phi) is 6.19. The van der Waals surface area contributed by atoms with E-state index >= 15 is 0 Å². The van der Waals surface area contributed by atoms with Crippen LogP contribution in [0, 0.1) is 0 Å². The molecular weight excluding hydrogens is 324 g/mol. The van der Waals surface area contributed by atoms with Crippen LogP contribution in [0.1, 0.15) is 12.0 Å². The first-order valence-corrected chi connectivity index (χ1v) is 8.64. The van der Waals surface area contributed by atoms with Crippen LogP contribution in [0.2, 0.25) is 0 Å². The topological polar surface area (TPSA) is 84.0 Å². The molecule has 8 nitrogen and oxygen atoms in total. The van der Waals surface area contributed by atoms with Crippen molar-refractivity contribution in [2.75, 3.05) is 46.0 Å². The molecule has 1 atom stereocenters. The van der Waals surface area contributed by atoms with E-state index in [9.17, 15) is 9.59 Å². The number of carbonyl (C=O) groups is 2. The van der Waals surface area contributed by atoms with E-state index in [0.29, 0.717) is 13.1 Å². The third kappa shape index (κ3) is 4.90. The van der Waals surface area contributed by atoms with E-state index in [1.165, 1.54) is 4.90 Å². The van der Waals surface area contributed by atoms with E-state index in [1.54, 1.807) is 12.4 Å². The van der Waals surface area contributed by atoms with Crippen LogP contribution in [0.5, 0.6) is 0 Å². The molecule has 2 amide bonds. The Morgan fingerprint density at radius 2 is 2.04 bits per heavy atom. The Balaban J connectivity index is 1.44. The highest BCUT2D eigenvalue weighted by atomic mass is 16.6. The molecule has 3 heterocycles. The Morgan fingerprint density at radius 1 is 1.28 bits per heavy atom. The molecule has 0 radical (unpaired) electrons. The van der Waals surface area contributed by atoms with Crippen LogP contribution in [0.25, 0.3) is 0 Å². The summed E-state index contributed by atoms with van der Waals surface area (Å²) in [6, 6.07) is 3.07. The summed E-state index contributed by atoms with van der Waals surface area (Å²) in [6.07, 6.45) is 3.75. The number of aromatic nitrogens is 1. The molecule has 25 heavy (non-hydrogen) atoms. The molecule has 2 aliphatic rings. The summed E-state index contributed by atoms with van der Waals surface area (Å²) >= 11 is 0. The van der Waals surface area contributed by atoms with E-state index < -0.39 is 12.1 Å². The quantitative estimate of drug-likeness (QED) is 0.711. The lowest BCUT2D eigenvalue weighted by molar-refractivity contribution is -0.125. The maximum absolute atomic E-state index is 12.4. The minimum Gasteiger partial charge on any atom is -0.447 e. The Morgan fingerprint density at radius 3 is 2.80 bits per heavy atom. The second kappa shape index (κ2) is 8.77. The van der Waals surface area contributed by atoms with Gasteiger partial charge in [0.15, 0.2) is 0 Å². The van der Waals surface area contributed by atoms with Crippen molar-refractivity contribution < 1.29 is 19.1 Å². The van der Waals surface area contributed by atoms with Crippen LogP contribution in [-0.2, 0) is 20.8 Å². The molecule has 1 N–H and O–H groups in total. The van der Waals surface area contributed by atoms with Crippen molar-refractivity contribution in [1.82, 2.24) is 20.1 Å². The fourth-order valence-corrected chi connectivity index (χ4v) is 2.98. The summed E-state index contributed by atoms with van der Waals surface area (Å²) in [6.45, 7) is 5.40. The molecule has 0 aliphatic carbocycles. The Bertz CT molecular complexity index is 577. The SMILES string of the molecule is O=C(NCCCN1CCOCC1)[C@@H]1COC(=O)N1Cc1ccncc1.